The molecule has 3 heteroatoms. The fraction of sp³-hybridized carbons (Fsp3) is 0.133. The first-order chi connectivity index (χ1) is 8.79. The first-order valence-corrected chi connectivity index (χ1v) is 5.59. The van der Waals surface area contributed by atoms with E-state index in [1.165, 1.54) is 7.11 Å². The van der Waals surface area contributed by atoms with E-state index >= 15 is 0 Å². The van der Waals surface area contributed by atoms with Crippen molar-refractivity contribution in [3.05, 3.63) is 65.7 Å². The second kappa shape index (κ2) is 5.74. The second-order valence-corrected chi connectivity index (χ2v) is 3.75. The number of ether oxygens (including phenoxy) is 1. The maximum absolute atomic E-state index is 11.3. The third-order valence-corrected chi connectivity index (χ3v) is 2.51. The number of methoxy groups -OCH3 is 1. The molecule has 0 aliphatic heterocycles. The van der Waals surface area contributed by atoms with E-state index < -0.39 is 0 Å². The van der Waals surface area contributed by atoms with Crippen molar-refractivity contribution in [1.82, 2.24) is 0 Å². The van der Waals surface area contributed by atoms with E-state index in [9.17, 15) is 4.79 Å². The Kier molecular flexibility index (Phi) is 3.83. The van der Waals surface area contributed by atoms with E-state index in [-0.39, 0.29) is 5.97 Å². The van der Waals surface area contributed by atoms with Crippen LogP contribution in [0.5, 0.6) is 0 Å². The quantitative estimate of drug-likeness (QED) is 0.834. The number of anilines is 1. The van der Waals surface area contributed by atoms with Crippen molar-refractivity contribution in [2.24, 2.45) is 0 Å². The molecule has 18 heavy (non-hydrogen) atoms. The lowest BCUT2D eigenvalue weighted by Gasteiger charge is -2.05. The summed E-state index contributed by atoms with van der Waals surface area (Å²) in [4.78, 5) is 11.3. The molecule has 2 rings (SSSR count). The van der Waals surface area contributed by atoms with Crippen LogP contribution in [-0.4, -0.2) is 13.1 Å². The topological polar surface area (TPSA) is 38.3 Å². The van der Waals surface area contributed by atoms with E-state index in [0.717, 1.165) is 11.3 Å². The molecule has 0 aliphatic rings. The molecule has 0 radical (unpaired) electrons. The summed E-state index contributed by atoms with van der Waals surface area (Å²) >= 11 is 0. The lowest BCUT2D eigenvalue weighted by atomic mass is 10.1. The highest BCUT2D eigenvalue weighted by Crippen LogP contribution is 2.08. The first-order valence-electron chi connectivity index (χ1n) is 5.59. The smallest absolute Gasteiger partial charge is 0.337 e. The van der Waals surface area contributed by atoms with Crippen LogP contribution in [-0.2, 0) is 11.3 Å². The van der Waals surface area contributed by atoms with Crippen molar-refractivity contribution in [3.8, 4) is 0 Å². The highest BCUT2D eigenvalue weighted by atomic mass is 16.5. The minimum Gasteiger partial charge on any atom is -0.465 e. The summed E-state index contributed by atoms with van der Waals surface area (Å²) in [6, 6.07) is 18.8. The van der Waals surface area contributed by atoms with Crippen LogP contribution in [0.25, 0.3) is 0 Å². The molecule has 0 atom stereocenters. The van der Waals surface area contributed by atoms with Crippen LogP contribution >= 0.6 is 0 Å². The van der Waals surface area contributed by atoms with Crippen LogP contribution in [0, 0.1) is 12.1 Å². The van der Waals surface area contributed by atoms with Crippen molar-refractivity contribution < 1.29 is 9.53 Å². The number of nitrogens with one attached hydrogen (secondary N) is 1. The Morgan fingerprint density at radius 2 is 2.06 bits per heavy atom. The van der Waals surface area contributed by atoms with Crippen LogP contribution in [0.1, 0.15) is 15.9 Å². The van der Waals surface area contributed by atoms with E-state index in [4.69, 9.17) is 0 Å². The number of rotatable bonds is 4. The van der Waals surface area contributed by atoms with Gasteiger partial charge in [0.1, 0.15) is 0 Å². The largest absolute Gasteiger partial charge is 0.465 e. The van der Waals surface area contributed by atoms with Gasteiger partial charge in [0.25, 0.3) is 0 Å². The lowest BCUT2D eigenvalue weighted by Crippen LogP contribution is -2.02. The highest BCUT2D eigenvalue weighted by Gasteiger charge is 2.03. The molecule has 3 nitrogen and oxygen atoms in total. The molecule has 0 amide bonds. The number of carbonyl (C=O) groups excluding carboxylic acids is 1. The molecule has 0 saturated heterocycles. The van der Waals surface area contributed by atoms with Gasteiger partial charge < -0.3 is 10.1 Å². The summed E-state index contributed by atoms with van der Waals surface area (Å²) in [6.45, 7) is 0.676. The van der Waals surface area contributed by atoms with E-state index in [1.54, 1.807) is 18.2 Å². The normalized spacial score (nSPS) is 9.39. The summed E-state index contributed by atoms with van der Waals surface area (Å²) in [5, 5.41) is 3.22. The molecule has 0 fully saturated rings. The summed E-state index contributed by atoms with van der Waals surface area (Å²) in [7, 11) is 1.37. The van der Waals surface area contributed by atoms with Crippen molar-refractivity contribution in [3.63, 3.8) is 0 Å². The van der Waals surface area contributed by atoms with Gasteiger partial charge in [0.05, 0.1) is 18.4 Å². The molecule has 0 aliphatic carbocycles. The maximum Gasteiger partial charge on any atom is 0.337 e. The zero-order chi connectivity index (χ0) is 12.8. The van der Waals surface area contributed by atoms with E-state index in [1.807, 2.05) is 24.3 Å². The minimum atomic E-state index is -0.319. The molecule has 0 spiro atoms. The van der Waals surface area contributed by atoms with Crippen LogP contribution in [0.15, 0.2) is 42.5 Å². The minimum absolute atomic E-state index is 0.319. The zero-order valence-electron chi connectivity index (χ0n) is 10.1. The Bertz CT molecular complexity index is 506. The van der Waals surface area contributed by atoms with Gasteiger partial charge in [0.2, 0.25) is 0 Å². The fourth-order valence-corrected chi connectivity index (χ4v) is 1.53. The third kappa shape index (κ3) is 3.02. The summed E-state index contributed by atoms with van der Waals surface area (Å²) in [5.41, 5.74) is 2.54. The van der Waals surface area contributed by atoms with Gasteiger partial charge in [0, 0.05) is 6.54 Å². The summed E-state index contributed by atoms with van der Waals surface area (Å²) in [6.07, 6.45) is 0. The van der Waals surface area contributed by atoms with Gasteiger partial charge in [-0.2, -0.15) is 0 Å². The summed E-state index contributed by atoms with van der Waals surface area (Å²) in [5.74, 6) is -0.319. The van der Waals surface area contributed by atoms with Crippen LogP contribution in [0.4, 0.5) is 5.69 Å². The average Bonchev–Trinajstić information content (AvgIpc) is 2.46. The van der Waals surface area contributed by atoms with Crippen molar-refractivity contribution in [2.45, 2.75) is 6.54 Å². The van der Waals surface area contributed by atoms with Crippen LogP contribution in [0.3, 0.4) is 0 Å². The van der Waals surface area contributed by atoms with E-state index in [2.05, 4.69) is 22.2 Å². The molecule has 0 heterocycles. The second-order valence-electron chi connectivity index (χ2n) is 3.75. The predicted octanol–water partition coefficient (Wildman–Crippen LogP) is 2.69. The van der Waals surface area contributed by atoms with Crippen molar-refractivity contribution >= 4 is 11.7 Å². The van der Waals surface area contributed by atoms with Crippen molar-refractivity contribution in [1.29, 1.82) is 0 Å². The Morgan fingerprint density at radius 1 is 1.28 bits per heavy atom. The van der Waals surface area contributed by atoms with Gasteiger partial charge in [-0.25, -0.2) is 4.79 Å². The first kappa shape index (κ1) is 12.0. The number of esters is 1. The number of hydrogen-bond acceptors (Lipinski definition) is 3. The molecule has 0 saturated carbocycles. The van der Waals surface area contributed by atoms with Crippen LogP contribution in [0.2, 0.25) is 0 Å². The van der Waals surface area contributed by atoms with Gasteiger partial charge in [-0.1, -0.05) is 24.3 Å². The number of hydrogen-bond donors (Lipinski definition) is 1. The monoisotopic (exact) mass is 239 g/mol. The van der Waals surface area contributed by atoms with Gasteiger partial charge in [-0.15, -0.1) is 0 Å². The molecule has 2 aromatic carbocycles. The molecule has 0 aromatic heterocycles. The molecular formula is C15H13NO2. The lowest BCUT2D eigenvalue weighted by molar-refractivity contribution is 0.0600. The summed E-state index contributed by atoms with van der Waals surface area (Å²) < 4.78 is 4.64. The van der Waals surface area contributed by atoms with Gasteiger partial charge in [-0.05, 0) is 35.9 Å². The standard InChI is InChI=1S/C15H13NO2/c1-18-15(17)13-9-7-12(8-10-13)11-16-14-5-3-2-4-6-14/h2-3,5,7-10,16H,11H2,1H3. The van der Waals surface area contributed by atoms with Crippen molar-refractivity contribution in [2.75, 3.05) is 12.4 Å². The van der Waals surface area contributed by atoms with E-state index in [0.29, 0.717) is 12.1 Å². The molecule has 2 aromatic rings. The Balaban J connectivity index is 1.97. The molecular weight excluding hydrogens is 226 g/mol. The Hall–Kier alpha value is -2.47. The SMILES string of the molecule is COC(=O)c1ccc(CNc2c#cccc2)cc1. The Morgan fingerprint density at radius 3 is 2.67 bits per heavy atom. The molecule has 0 unspecified atom stereocenters. The van der Waals surface area contributed by atoms with Gasteiger partial charge in [0.15, 0.2) is 0 Å². The third-order valence-electron chi connectivity index (χ3n) is 2.51. The maximum atomic E-state index is 11.3. The molecule has 90 valence electrons. The average molecular weight is 239 g/mol. The van der Waals surface area contributed by atoms with Gasteiger partial charge >= 0.3 is 5.97 Å². The number of carbonyl (C=O) groups is 1. The molecule has 0 bridgehead atoms. The van der Waals surface area contributed by atoms with Crippen LogP contribution < -0.4 is 5.32 Å². The number of benzene rings is 1. The predicted molar refractivity (Wildman–Crippen MR) is 69.2 cm³/mol. The van der Waals surface area contributed by atoms with Gasteiger partial charge in [-0.3, -0.25) is 0 Å². The fourth-order valence-electron chi connectivity index (χ4n) is 1.53. The highest BCUT2D eigenvalue weighted by molar-refractivity contribution is 5.89. The zero-order valence-corrected chi connectivity index (χ0v) is 10.1. The molecule has 1 N–H and O–H groups in total. The Labute approximate surface area is 106 Å².